The molecular weight excluding hydrogens is 246 g/mol. The lowest BCUT2D eigenvalue weighted by molar-refractivity contribution is 1.07. The highest BCUT2D eigenvalue weighted by molar-refractivity contribution is 7.99. The van der Waals surface area contributed by atoms with Crippen LogP contribution in [0, 0.1) is 0 Å². The van der Waals surface area contributed by atoms with E-state index in [9.17, 15) is 4.79 Å². The maximum Gasteiger partial charge on any atom is 0.345 e. The summed E-state index contributed by atoms with van der Waals surface area (Å²) in [6.45, 7) is 0. The average molecular weight is 253 g/mol. The lowest BCUT2D eigenvalue weighted by atomic mass is 10.1. The number of rotatable bonds is 0. The van der Waals surface area contributed by atoms with Crippen LogP contribution in [0.25, 0.3) is 22.2 Å². The van der Waals surface area contributed by atoms with Crippen LogP contribution < -0.4 is 5.69 Å². The predicted molar refractivity (Wildman–Crippen MR) is 69.7 cm³/mol. The molecule has 2 aromatic heterocycles. The third-order valence-corrected chi connectivity index (χ3v) is 4.03. The first-order chi connectivity index (χ1) is 8.83. The molecule has 1 N–H and O–H groups in total. The first kappa shape index (κ1) is 9.85. The van der Waals surface area contributed by atoms with Gasteiger partial charge < -0.3 is 4.98 Å². The standard InChI is InChI=1S/C13H7N3OS/c17-13-15-8-4-1-5-9-10(8)11(16-13)7-3-2-6-14-12(7)18-9/h1-6H,(H,15,16,17). The van der Waals surface area contributed by atoms with Crippen molar-refractivity contribution in [1.29, 1.82) is 0 Å². The highest BCUT2D eigenvalue weighted by Crippen LogP contribution is 2.44. The van der Waals surface area contributed by atoms with Gasteiger partial charge in [0.1, 0.15) is 5.03 Å². The number of nitrogens with one attached hydrogen (secondary N) is 1. The summed E-state index contributed by atoms with van der Waals surface area (Å²) in [6.07, 6.45) is 1.75. The van der Waals surface area contributed by atoms with E-state index in [0.717, 1.165) is 32.1 Å². The number of aromatic nitrogens is 3. The van der Waals surface area contributed by atoms with E-state index < -0.39 is 0 Å². The molecule has 1 aliphatic heterocycles. The van der Waals surface area contributed by atoms with Crippen LogP contribution >= 0.6 is 11.8 Å². The van der Waals surface area contributed by atoms with E-state index in [1.165, 1.54) is 0 Å². The summed E-state index contributed by atoms with van der Waals surface area (Å²) in [5, 5.41) is 1.90. The number of pyridine rings is 1. The molecule has 0 saturated heterocycles. The van der Waals surface area contributed by atoms with Gasteiger partial charge in [-0.3, -0.25) is 0 Å². The SMILES string of the molecule is O=c1nc2c3c(cccc3[nH]1)Sc1ncccc1-2. The first-order valence-corrected chi connectivity index (χ1v) is 6.31. The fraction of sp³-hybridized carbons (Fsp3) is 0. The van der Waals surface area contributed by atoms with Crippen LogP contribution in [0.2, 0.25) is 0 Å². The second-order valence-electron chi connectivity index (χ2n) is 4.03. The van der Waals surface area contributed by atoms with Crippen molar-refractivity contribution in [3.8, 4) is 11.3 Å². The van der Waals surface area contributed by atoms with Gasteiger partial charge in [0, 0.05) is 22.0 Å². The number of aromatic amines is 1. The lowest BCUT2D eigenvalue weighted by Gasteiger charge is -2.17. The molecule has 4 nitrogen and oxygen atoms in total. The second kappa shape index (κ2) is 3.43. The van der Waals surface area contributed by atoms with Gasteiger partial charge in [0.05, 0.1) is 11.2 Å². The zero-order valence-electron chi connectivity index (χ0n) is 9.18. The number of benzene rings is 1. The number of nitrogens with zero attached hydrogens (tertiary/aromatic N) is 2. The molecule has 0 aliphatic carbocycles. The zero-order chi connectivity index (χ0) is 12.1. The maximum absolute atomic E-state index is 11.6. The largest absolute Gasteiger partial charge is 0.345 e. The summed E-state index contributed by atoms with van der Waals surface area (Å²) in [5.41, 5.74) is 2.16. The van der Waals surface area contributed by atoms with Gasteiger partial charge in [0.2, 0.25) is 0 Å². The van der Waals surface area contributed by atoms with Gasteiger partial charge in [0.15, 0.2) is 0 Å². The van der Waals surface area contributed by atoms with E-state index in [1.807, 2.05) is 30.3 Å². The van der Waals surface area contributed by atoms with Crippen molar-refractivity contribution in [1.82, 2.24) is 15.0 Å². The Morgan fingerprint density at radius 1 is 1.17 bits per heavy atom. The van der Waals surface area contributed by atoms with E-state index >= 15 is 0 Å². The molecule has 18 heavy (non-hydrogen) atoms. The highest BCUT2D eigenvalue weighted by atomic mass is 32.2. The van der Waals surface area contributed by atoms with E-state index in [-0.39, 0.29) is 5.69 Å². The molecule has 0 bridgehead atoms. The third kappa shape index (κ3) is 1.25. The molecule has 5 heteroatoms. The number of H-pyrrole nitrogens is 1. The molecule has 1 aromatic carbocycles. The fourth-order valence-corrected chi connectivity index (χ4v) is 3.27. The van der Waals surface area contributed by atoms with Gasteiger partial charge in [-0.2, -0.15) is 4.98 Å². The Hall–Kier alpha value is -2.14. The topological polar surface area (TPSA) is 58.6 Å². The summed E-state index contributed by atoms with van der Waals surface area (Å²) in [4.78, 5) is 23.9. The van der Waals surface area contributed by atoms with Gasteiger partial charge in [-0.05, 0) is 24.3 Å². The molecule has 0 atom stereocenters. The Kier molecular flexibility index (Phi) is 1.87. The van der Waals surface area contributed by atoms with Crippen molar-refractivity contribution in [2.45, 2.75) is 9.92 Å². The molecule has 0 unspecified atom stereocenters. The van der Waals surface area contributed by atoms with Crippen molar-refractivity contribution in [3.63, 3.8) is 0 Å². The number of hydrogen-bond donors (Lipinski definition) is 1. The van der Waals surface area contributed by atoms with Gasteiger partial charge in [-0.1, -0.05) is 17.8 Å². The molecule has 0 saturated carbocycles. The third-order valence-electron chi connectivity index (χ3n) is 2.95. The summed E-state index contributed by atoms with van der Waals surface area (Å²) in [5.74, 6) is 0. The normalized spacial score (nSPS) is 12.4. The lowest BCUT2D eigenvalue weighted by Crippen LogP contribution is -2.13. The predicted octanol–water partition coefficient (Wildman–Crippen LogP) is 2.45. The van der Waals surface area contributed by atoms with E-state index in [2.05, 4.69) is 15.0 Å². The van der Waals surface area contributed by atoms with Crippen LogP contribution in [-0.2, 0) is 0 Å². The minimum absolute atomic E-state index is 0.323. The molecular formula is C13H7N3OS. The van der Waals surface area contributed by atoms with Crippen molar-refractivity contribution in [2.24, 2.45) is 0 Å². The van der Waals surface area contributed by atoms with Crippen LogP contribution in [0.1, 0.15) is 0 Å². The van der Waals surface area contributed by atoms with Crippen molar-refractivity contribution in [3.05, 3.63) is 47.0 Å². The Bertz CT molecular complexity index is 841. The minimum Gasteiger partial charge on any atom is -0.305 e. The van der Waals surface area contributed by atoms with Crippen LogP contribution in [0.5, 0.6) is 0 Å². The zero-order valence-corrected chi connectivity index (χ0v) is 9.99. The van der Waals surface area contributed by atoms with Gasteiger partial charge in [-0.25, -0.2) is 9.78 Å². The molecule has 4 rings (SSSR count). The average Bonchev–Trinajstić information content (AvgIpc) is 2.38. The monoisotopic (exact) mass is 253 g/mol. The smallest absolute Gasteiger partial charge is 0.305 e. The van der Waals surface area contributed by atoms with Gasteiger partial charge in [-0.15, -0.1) is 0 Å². The van der Waals surface area contributed by atoms with Crippen LogP contribution in [0.4, 0.5) is 0 Å². The minimum atomic E-state index is -0.323. The molecule has 0 amide bonds. The Morgan fingerprint density at radius 2 is 2.11 bits per heavy atom. The van der Waals surface area contributed by atoms with Crippen molar-refractivity contribution >= 4 is 22.7 Å². The molecule has 1 aliphatic rings. The number of fused-ring (bicyclic) bond motifs is 2. The van der Waals surface area contributed by atoms with Crippen LogP contribution in [-0.4, -0.2) is 15.0 Å². The summed E-state index contributed by atoms with van der Waals surface area (Å²) < 4.78 is 0. The van der Waals surface area contributed by atoms with Gasteiger partial charge in [0.25, 0.3) is 0 Å². The van der Waals surface area contributed by atoms with Crippen molar-refractivity contribution < 1.29 is 0 Å². The molecule has 3 heterocycles. The van der Waals surface area contributed by atoms with E-state index in [1.54, 1.807) is 18.0 Å². The maximum atomic E-state index is 11.6. The Morgan fingerprint density at radius 3 is 3.06 bits per heavy atom. The van der Waals surface area contributed by atoms with Crippen LogP contribution in [0.15, 0.2) is 51.2 Å². The molecule has 0 spiro atoms. The van der Waals surface area contributed by atoms with Gasteiger partial charge >= 0.3 is 5.69 Å². The summed E-state index contributed by atoms with van der Waals surface area (Å²) >= 11 is 1.61. The van der Waals surface area contributed by atoms with Crippen molar-refractivity contribution in [2.75, 3.05) is 0 Å². The van der Waals surface area contributed by atoms with Crippen LogP contribution in [0.3, 0.4) is 0 Å². The highest BCUT2D eigenvalue weighted by Gasteiger charge is 2.21. The second-order valence-corrected chi connectivity index (χ2v) is 5.06. The molecule has 0 radical (unpaired) electrons. The molecule has 86 valence electrons. The fourth-order valence-electron chi connectivity index (χ4n) is 2.22. The Labute approximate surface area is 106 Å². The molecule has 0 fully saturated rings. The van der Waals surface area contributed by atoms with E-state index in [0.29, 0.717) is 0 Å². The summed E-state index contributed by atoms with van der Waals surface area (Å²) in [6, 6.07) is 9.66. The molecule has 3 aromatic rings. The van der Waals surface area contributed by atoms with E-state index in [4.69, 9.17) is 0 Å². The summed E-state index contributed by atoms with van der Waals surface area (Å²) in [7, 11) is 0. The number of hydrogen-bond acceptors (Lipinski definition) is 4. The Balaban J connectivity index is 2.26. The quantitative estimate of drug-likeness (QED) is 0.523. The first-order valence-electron chi connectivity index (χ1n) is 5.49.